The molecule has 0 spiro atoms. The summed E-state index contributed by atoms with van der Waals surface area (Å²) in [7, 11) is 0. The van der Waals surface area contributed by atoms with Crippen molar-refractivity contribution >= 4 is 0 Å². The van der Waals surface area contributed by atoms with Gasteiger partial charge in [-0.2, -0.15) is 0 Å². The fourth-order valence-corrected chi connectivity index (χ4v) is 0.950. The lowest BCUT2D eigenvalue weighted by molar-refractivity contribution is 0.0540. The zero-order valence-corrected chi connectivity index (χ0v) is 9.00. The van der Waals surface area contributed by atoms with E-state index >= 15 is 0 Å². The summed E-state index contributed by atoms with van der Waals surface area (Å²) in [4.78, 5) is 0. The van der Waals surface area contributed by atoms with E-state index in [0.29, 0.717) is 18.4 Å². The number of ether oxygens (including phenoxy) is 1. The second kappa shape index (κ2) is 5.55. The van der Waals surface area contributed by atoms with E-state index in [1.54, 1.807) is 0 Å². The zero-order valence-electron chi connectivity index (χ0n) is 9.00. The Bertz CT molecular complexity index is 112. The monoisotopic (exact) mass is 173 g/mol. The molecule has 2 unspecified atom stereocenters. The molecule has 0 heterocycles. The predicted octanol–water partition coefficient (Wildman–Crippen LogP) is 2.03. The van der Waals surface area contributed by atoms with Crippen molar-refractivity contribution in [1.29, 1.82) is 0 Å². The van der Waals surface area contributed by atoms with Gasteiger partial charge >= 0.3 is 0 Å². The normalized spacial score (nSPS) is 17.0. The SMILES string of the molecule is CC(C)OCC(N)C(C)C(C)C. The van der Waals surface area contributed by atoms with Gasteiger partial charge in [0.05, 0.1) is 12.7 Å². The molecule has 0 fully saturated rings. The van der Waals surface area contributed by atoms with Gasteiger partial charge in [-0.15, -0.1) is 0 Å². The van der Waals surface area contributed by atoms with Crippen LogP contribution in [0.2, 0.25) is 0 Å². The van der Waals surface area contributed by atoms with Crippen LogP contribution in [0.1, 0.15) is 34.6 Å². The molecule has 0 amide bonds. The van der Waals surface area contributed by atoms with E-state index in [1.807, 2.05) is 13.8 Å². The van der Waals surface area contributed by atoms with E-state index in [4.69, 9.17) is 10.5 Å². The van der Waals surface area contributed by atoms with Crippen LogP contribution in [-0.2, 0) is 4.74 Å². The van der Waals surface area contributed by atoms with Crippen molar-refractivity contribution in [3.8, 4) is 0 Å². The summed E-state index contributed by atoms with van der Waals surface area (Å²) in [5, 5.41) is 0. The third-order valence-electron chi connectivity index (χ3n) is 2.35. The van der Waals surface area contributed by atoms with Crippen LogP contribution in [0.25, 0.3) is 0 Å². The van der Waals surface area contributed by atoms with E-state index in [0.717, 1.165) is 0 Å². The minimum absolute atomic E-state index is 0.174. The van der Waals surface area contributed by atoms with Crippen LogP contribution in [-0.4, -0.2) is 18.8 Å². The van der Waals surface area contributed by atoms with Crippen LogP contribution >= 0.6 is 0 Å². The average molecular weight is 173 g/mol. The molecule has 0 aromatic carbocycles. The quantitative estimate of drug-likeness (QED) is 0.690. The van der Waals surface area contributed by atoms with Gasteiger partial charge in [0.15, 0.2) is 0 Å². The summed E-state index contributed by atoms with van der Waals surface area (Å²) in [5.74, 6) is 1.17. The molecule has 74 valence electrons. The van der Waals surface area contributed by atoms with Gasteiger partial charge in [0.25, 0.3) is 0 Å². The van der Waals surface area contributed by atoms with E-state index < -0.39 is 0 Å². The molecule has 0 aliphatic heterocycles. The van der Waals surface area contributed by atoms with Crippen molar-refractivity contribution in [2.45, 2.75) is 46.8 Å². The van der Waals surface area contributed by atoms with E-state index in [9.17, 15) is 0 Å². The molecule has 0 saturated carbocycles. The van der Waals surface area contributed by atoms with Crippen LogP contribution in [0.15, 0.2) is 0 Å². The van der Waals surface area contributed by atoms with Gasteiger partial charge < -0.3 is 10.5 Å². The van der Waals surface area contributed by atoms with Crippen LogP contribution in [0.4, 0.5) is 0 Å². The smallest absolute Gasteiger partial charge is 0.0623 e. The molecular weight excluding hydrogens is 150 g/mol. The van der Waals surface area contributed by atoms with Crippen LogP contribution < -0.4 is 5.73 Å². The Morgan fingerprint density at radius 1 is 1.08 bits per heavy atom. The maximum absolute atomic E-state index is 5.94. The maximum atomic E-state index is 5.94. The summed E-state index contributed by atoms with van der Waals surface area (Å²) >= 11 is 0. The fourth-order valence-electron chi connectivity index (χ4n) is 0.950. The molecule has 2 nitrogen and oxygen atoms in total. The first-order chi connectivity index (χ1) is 5.45. The molecular formula is C10H23NO. The molecule has 0 saturated heterocycles. The van der Waals surface area contributed by atoms with Gasteiger partial charge in [0.2, 0.25) is 0 Å². The lowest BCUT2D eigenvalue weighted by Gasteiger charge is -2.23. The van der Waals surface area contributed by atoms with Crippen molar-refractivity contribution < 1.29 is 4.74 Å². The predicted molar refractivity (Wildman–Crippen MR) is 53.1 cm³/mol. The van der Waals surface area contributed by atoms with E-state index in [1.165, 1.54) is 0 Å². The van der Waals surface area contributed by atoms with Crippen LogP contribution in [0.5, 0.6) is 0 Å². The second-order valence-corrected chi connectivity index (χ2v) is 4.15. The second-order valence-electron chi connectivity index (χ2n) is 4.15. The Labute approximate surface area is 76.5 Å². The molecule has 0 aromatic heterocycles. The van der Waals surface area contributed by atoms with Gasteiger partial charge in [0.1, 0.15) is 0 Å². The highest BCUT2D eigenvalue weighted by molar-refractivity contribution is 4.71. The lowest BCUT2D eigenvalue weighted by atomic mass is 9.91. The van der Waals surface area contributed by atoms with Gasteiger partial charge in [-0.05, 0) is 25.7 Å². The third kappa shape index (κ3) is 4.73. The Balaban J connectivity index is 3.64. The Hall–Kier alpha value is -0.0800. The van der Waals surface area contributed by atoms with E-state index in [-0.39, 0.29) is 12.1 Å². The highest BCUT2D eigenvalue weighted by atomic mass is 16.5. The van der Waals surface area contributed by atoms with Crippen LogP contribution in [0.3, 0.4) is 0 Å². The largest absolute Gasteiger partial charge is 0.377 e. The Kier molecular flexibility index (Phi) is 5.51. The molecule has 0 aliphatic rings. The van der Waals surface area contributed by atoms with Gasteiger partial charge in [-0.25, -0.2) is 0 Å². The first-order valence-corrected chi connectivity index (χ1v) is 4.82. The van der Waals surface area contributed by atoms with Gasteiger partial charge in [-0.1, -0.05) is 20.8 Å². The molecule has 12 heavy (non-hydrogen) atoms. The summed E-state index contributed by atoms with van der Waals surface area (Å²) < 4.78 is 5.45. The number of rotatable bonds is 5. The molecule has 0 aliphatic carbocycles. The Morgan fingerprint density at radius 3 is 1.92 bits per heavy atom. The van der Waals surface area contributed by atoms with Crippen LogP contribution in [0, 0.1) is 11.8 Å². The summed E-state index contributed by atoms with van der Waals surface area (Å²) in [6.45, 7) is 11.3. The summed E-state index contributed by atoms with van der Waals surface area (Å²) in [6.07, 6.45) is 0.287. The topological polar surface area (TPSA) is 35.2 Å². The average Bonchev–Trinajstić information content (AvgIpc) is 1.98. The molecule has 0 radical (unpaired) electrons. The zero-order chi connectivity index (χ0) is 9.72. The molecule has 0 rings (SSSR count). The van der Waals surface area contributed by atoms with Crippen molar-refractivity contribution in [1.82, 2.24) is 0 Å². The molecule has 2 N–H and O–H groups in total. The minimum Gasteiger partial charge on any atom is -0.377 e. The number of hydrogen-bond acceptors (Lipinski definition) is 2. The first-order valence-electron chi connectivity index (χ1n) is 4.82. The molecule has 0 aromatic rings. The lowest BCUT2D eigenvalue weighted by Crippen LogP contribution is -2.36. The van der Waals surface area contributed by atoms with E-state index in [2.05, 4.69) is 20.8 Å². The highest BCUT2D eigenvalue weighted by Gasteiger charge is 2.16. The molecule has 2 heteroatoms. The minimum atomic E-state index is 0.174. The van der Waals surface area contributed by atoms with Crippen molar-refractivity contribution in [3.63, 3.8) is 0 Å². The first kappa shape index (κ1) is 11.9. The molecule has 2 atom stereocenters. The maximum Gasteiger partial charge on any atom is 0.0623 e. The standard InChI is InChI=1S/C10H23NO/c1-7(2)9(5)10(11)6-12-8(3)4/h7-10H,6,11H2,1-5H3. The Morgan fingerprint density at radius 2 is 1.58 bits per heavy atom. The van der Waals surface area contributed by atoms with Crippen molar-refractivity contribution in [2.75, 3.05) is 6.61 Å². The van der Waals surface area contributed by atoms with Crippen molar-refractivity contribution in [2.24, 2.45) is 17.6 Å². The third-order valence-corrected chi connectivity index (χ3v) is 2.35. The number of hydrogen-bond donors (Lipinski definition) is 1. The van der Waals surface area contributed by atoms with Gasteiger partial charge in [-0.3, -0.25) is 0 Å². The highest BCUT2D eigenvalue weighted by Crippen LogP contribution is 2.13. The van der Waals surface area contributed by atoms with Gasteiger partial charge in [0, 0.05) is 6.04 Å². The molecule has 0 bridgehead atoms. The fraction of sp³-hybridized carbons (Fsp3) is 1.00. The van der Waals surface area contributed by atoms with Crippen molar-refractivity contribution in [3.05, 3.63) is 0 Å². The summed E-state index contributed by atoms with van der Waals surface area (Å²) in [6, 6.07) is 0.174. The number of nitrogens with two attached hydrogens (primary N) is 1. The summed E-state index contributed by atoms with van der Waals surface area (Å²) in [5.41, 5.74) is 5.94.